The van der Waals surface area contributed by atoms with E-state index in [9.17, 15) is 13.2 Å². The maximum Gasteiger partial charge on any atom is 0.261 e. The van der Waals surface area contributed by atoms with Gasteiger partial charge in [0.1, 0.15) is 0 Å². The first-order valence-electron chi connectivity index (χ1n) is 8.21. The second kappa shape index (κ2) is 7.70. The van der Waals surface area contributed by atoms with Crippen LogP contribution in [0.5, 0.6) is 0 Å². The SMILES string of the molecule is CCCN(C)C(=O)c1cc(S(=O)(=O)Nc2ccccc2C)ccc1C. The zero-order valence-electron chi connectivity index (χ0n) is 15.0. The zero-order valence-corrected chi connectivity index (χ0v) is 15.9. The number of nitrogens with zero attached hydrogens (tertiary/aromatic N) is 1. The Morgan fingerprint density at radius 2 is 1.76 bits per heavy atom. The number of anilines is 1. The minimum atomic E-state index is -3.77. The molecule has 2 aromatic carbocycles. The van der Waals surface area contributed by atoms with Gasteiger partial charge in [-0.15, -0.1) is 0 Å². The first-order valence-corrected chi connectivity index (χ1v) is 9.69. The summed E-state index contributed by atoms with van der Waals surface area (Å²) in [6.07, 6.45) is 0.841. The van der Waals surface area contributed by atoms with Gasteiger partial charge in [0.25, 0.3) is 15.9 Å². The van der Waals surface area contributed by atoms with Crippen molar-refractivity contribution < 1.29 is 13.2 Å². The van der Waals surface area contributed by atoms with Crippen LogP contribution in [-0.2, 0) is 10.0 Å². The highest BCUT2D eigenvalue weighted by Gasteiger charge is 2.20. The van der Waals surface area contributed by atoms with Crippen molar-refractivity contribution in [2.24, 2.45) is 0 Å². The molecule has 0 saturated heterocycles. The second-order valence-electron chi connectivity index (χ2n) is 6.12. The van der Waals surface area contributed by atoms with E-state index in [4.69, 9.17) is 0 Å². The molecule has 25 heavy (non-hydrogen) atoms. The summed E-state index contributed by atoms with van der Waals surface area (Å²) in [5, 5.41) is 0. The Morgan fingerprint density at radius 3 is 2.40 bits per heavy atom. The molecule has 2 aromatic rings. The number of amides is 1. The summed E-state index contributed by atoms with van der Waals surface area (Å²) < 4.78 is 28.0. The fourth-order valence-electron chi connectivity index (χ4n) is 2.53. The molecule has 2 rings (SSSR count). The summed E-state index contributed by atoms with van der Waals surface area (Å²) in [4.78, 5) is 14.2. The van der Waals surface area contributed by atoms with E-state index in [2.05, 4.69) is 4.72 Å². The Bertz CT molecular complexity index is 876. The van der Waals surface area contributed by atoms with Gasteiger partial charge in [-0.25, -0.2) is 8.42 Å². The Balaban J connectivity index is 2.38. The van der Waals surface area contributed by atoms with Gasteiger partial charge in [0.2, 0.25) is 0 Å². The summed E-state index contributed by atoms with van der Waals surface area (Å²) in [5.41, 5.74) is 2.52. The number of rotatable bonds is 6. The number of benzene rings is 2. The molecule has 1 amide bonds. The molecule has 0 radical (unpaired) electrons. The highest BCUT2D eigenvalue weighted by atomic mass is 32.2. The smallest absolute Gasteiger partial charge is 0.261 e. The van der Waals surface area contributed by atoms with E-state index < -0.39 is 10.0 Å². The lowest BCUT2D eigenvalue weighted by molar-refractivity contribution is 0.0794. The lowest BCUT2D eigenvalue weighted by Crippen LogP contribution is -2.28. The van der Waals surface area contributed by atoms with E-state index in [1.54, 1.807) is 37.1 Å². The Hall–Kier alpha value is -2.34. The summed E-state index contributed by atoms with van der Waals surface area (Å²) in [7, 11) is -2.05. The fraction of sp³-hybridized carbons (Fsp3) is 0.316. The lowest BCUT2D eigenvalue weighted by atomic mass is 10.1. The van der Waals surface area contributed by atoms with Crippen molar-refractivity contribution in [3.05, 3.63) is 59.2 Å². The van der Waals surface area contributed by atoms with E-state index >= 15 is 0 Å². The minimum Gasteiger partial charge on any atom is -0.342 e. The monoisotopic (exact) mass is 360 g/mol. The number of sulfonamides is 1. The molecule has 134 valence electrons. The molecule has 0 aromatic heterocycles. The van der Waals surface area contributed by atoms with E-state index in [-0.39, 0.29) is 10.8 Å². The van der Waals surface area contributed by atoms with Gasteiger partial charge >= 0.3 is 0 Å². The second-order valence-corrected chi connectivity index (χ2v) is 7.81. The predicted molar refractivity (Wildman–Crippen MR) is 100 cm³/mol. The molecule has 0 saturated carbocycles. The van der Waals surface area contributed by atoms with E-state index in [0.717, 1.165) is 17.5 Å². The van der Waals surface area contributed by atoms with Crippen molar-refractivity contribution in [3.8, 4) is 0 Å². The van der Waals surface area contributed by atoms with Crippen LogP contribution in [0.25, 0.3) is 0 Å². The molecule has 0 aliphatic rings. The zero-order chi connectivity index (χ0) is 18.6. The van der Waals surface area contributed by atoms with Crippen molar-refractivity contribution in [2.75, 3.05) is 18.3 Å². The molecule has 0 unspecified atom stereocenters. The van der Waals surface area contributed by atoms with Crippen molar-refractivity contribution >= 4 is 21.6 Å². The average Bonchev–Trinajstić information content (AvgIpc) is 2.56. The maximum absolute atomic E-state index is 12.7. The third kappa shape index (κ3) is 4.39. The maximum atomic E-state index is 12.7. The largest absolute Gasteiger partial charge is 0.342 e. The Kier molecular flexibility index (Phi) is 5.85. The number of hydrogen-bond acceptors (Lipinski definition) is 3. The van der Waals surface area contributed by atoms with E-state index in [1.807, 2.05) is 26.0 Å². The van der Waals surface area contributed by atoms with Gasteiger partial charge in [-0.05, 0) is 49.6 Å². The van der Waals surface area contributed by atoms with Gasteiger partial charge in [-0.3, -0.25) is 9.52 Å². The molecule has 0 bridgehead atoms. The van der Waals surface area contributed by atoms with Crippen molar-refractivity contribution in [3.63, 3.8) is 0 Å². The summed E-state index contributed by atoms with van der Waals surface area (Å²) >= 11 is 0. The Labute approximate surface area is 149 Å². The van der Waals surface area contributed by atoms with Crippen LogP contribution in [0.2, 0.25) is 0 Å². The summed E-state index contributed by atoms with van der Waals surface area (Å²) in [5.74, 6) is -0.174. The number of carbonyl (C=O) groups excluding carboxylic acids is 1. The van der Waals surface area contributed by atoms with Crippen molar-refractivity contribution in [2.45, 2.75) is 32.1 Å². The number of nitrogens with one attached hydrogen (secondary N) is 1. The molecule has 0 fully saturated rings. The predicted octanol–water partition coefficient (Wildman–Crippen LogP) is 3.59. The molecule has 0 aliphatic carbocycles. The fourth-order valence-corrected chi connectivity index (χ4v) is 3.69. The molecule has 0 aliphatic heterocycles. The number of para-hydroxylation sites is 1. The van der Waals surface area contributed by atoms with Gasteiger partial charge in [0.15, 0.2) is 0 Å². The standard InChI is InChI=1S/C19H24N2O3S/c1-5-12-21(4)19(22)17-13-16(11-10-14(17)2)25(23,24)20-18-9-7-6-8-15(18)3/h6-11,13,20H,5,12H2,1-4H3. The van der Waals surface area contributed by atoms with Crippen LogP contribution in [0.15, 0.2) is 47.4 Å². The highest BCUT2D eigenvalue weighted by molar-refractivity contribution is 7.92. The number of carbonyl (C=O) groups is 1. The summed E-state index contributed by atoms with van der Waals surface area (Å²) in [6.45, 7) is 6.25. The molecule has 6 heteroatoms. The normalized spacial score (nSPS) is 11.2. The minimum absolute atomic E-state index is 0.0783. The molecule has 0 heterocycles. The Morgan fingerprint density at radius 1 is 1.08 bits per heavy atom. The van der Waals surface area contributed by atoms with Crippen LogP contribution in [-0.4, -0.2) is 32.8 Å². The molecule has 0 atom stereocenters. The van der Waals surface area contributed by atoms with Crippen LogP contribution in [0, 0.1) is 13.8 Å². The van der Waals surface area contributed by atoms with Gasteiger partial charge in [0.05, 0.1) is 10.6 Å². The van der Waals surface area contributed by atoms with Gasteiger partial charge in [0, 0.05) is 19.2 Å². The highest BCUT2D eigenvalue weighted by Crippen LogP contribution is 2.22. The molecule has 0 spiro atoms. The van der Waals surface area contributed by atoms with Gasteiger partial charge in [-0.2, -0.15) is 0 Å². The molecule has 5 nitrogen and oxygen atoms in total. The number of hydrogen-bond donors (Lipinski definition) is 1. The van der Waals surface area contributed by atoms with Crippen LogP contribution in [0.4, 0.5) is 5.69 Å². The summed E-state index contributed by atoms with van der Waals surface area (Å²) in [6, 6.07) is 11.8. The average molecular weight is 360 g/mol. The third-order valence-corrected chi connectivity index (χ3v) is 5.41. The van der Waals surface area contributed by atoms with E-state index in [1.165, 1.54) is 12.1 Å². The molecular weight excluding hydrogens is 336 g/mol. The topological polar surface area (TPSA) is 66.5 Å². The van der Waals surface area contributed by atoms with Gasteiger partial charge < -0.3 is 4.90 Å². The van der Waals surface area contributed by atoms with Crippen LogP contribution < -0.4 is 4.72 Å². The first kappa shape index (κ1) is 19.0. The van der Waals surface area contributed by atoms with E-state index in [0.29, 0.717) is 17.8 Å². The molecular formula is C19H24N2O3S. The van der Waals surface area contributed by atoms with Crippen LogP contribution in [0.1, 0.15) is 34.8 Å². The molecule has 1 N–H and O–H groups in total. The quantitative estimate of drug-likeness (QED) is 0.856. The van der Waals surface area contributed by atoms with Gasteiger partial charge in [-0.1, -0.05) is 31.2 Å². The lowest BCUT2D eigenvalue weighted by Gasteiger charge is -2.18. The van der Waals surface area contributed by atoms with Crippen LogP contribution in [0.3, 0.4) is 0 Å². The number of aryl methyl sites for hydroxylation is 2. The first-order chi connectivity index (χ1) is 11.8. The van der Waals surface area contributed by atoms with Crippen LogP contribution >= 0.6 is 0 Å². The van der Waals surface area contributed by atoms with Crippen molar-refractivity contribution in [1.29, 1.82) is 0 Å². The van der Waals surface area contributed by atoms with Crippen molar-refractivity contribution in [1.82, 2.24) is 4.90 Å². The third-order valence-electron chi connectivity index (χ3n) is 4.04.